The number of thioether (sulfide) groups is 1. The van der Waals surface area contributed by atoms with Crippen molar-refractivity contribution < 1.29 is 14.3 Å². The quantitative estimate of drug-likeness (QED) is 0.582. The van der Waals surface area contributed by atoms with Gasteiger partial charge in [-0.1, -0.05) is 23.9 Å². The number of rotatable bonds is 2. The Balaban J connectivity index is 2.25. The van der Waals surface area contributed by atoms with Crippen molar-refractivity contribution in [2.45, 2.75) is 11.8 Å². The molecule has 0 atom stereocenters. The Kier molecular flexibility index (Phi) is 3.10. The third kappa shape index (κ3) is 2.02. The molecule has 0 bridgehead atoms. The first-order chi connectivity index (χ1) is 7.72. The molecule has 0 aliphatic carbocycles. The first-order valence-corrected chi connectivity index (χ1v) is 5.74. The molecule has 1 aromatic carbocycles. The molecule has 0 unspecified atom stereocenters. The SMILES string of the molecule is CCOC(=O)/C=C1\Sc2ccccc2C1=O. The number of hydrogen-bond donors (Lipinski definition) is 0. The van der Waals surface area contributed by atoms with Crippen LogP contribution in [0.4, 0.5) is 0 Å². The molecule has 0 aromatic heterocycles. The van der Waals surface area contributed by atoms with Gasteiger partial charge in [-0.25, -0.2) is 4.79 Å². The van der Waals surface area contributed by atoms with Crippen molar-refractivity contribution in [2.24, 2.45) is 0 Å². The van der Waals surface area contributed by atoms with E-state index < -0.39 is 5.97 Å². The number of ether oxygens (including phenoxy) is 1. The van der Waals surface area contributed by atoms with Gasteiger partial charge in [0.05, 0.1) is 11.5 Å². The lowest BCUT2D eigenvalue weighted by Gasteiger charge is -1.96. The zero-order valence-electron chi connectivity index (χ0n) is 8.73. The van der Waals surface area contributed by atoms with Crippen molar-refractivity contribution in [3.05, 3.63) is 40.8 Å². The molecular formula is C12H10O3S. The van der Waals surface area contributed by atoms with E-state index in [0.717, 1.165) is 4.90 Å². The topological polar surface area (TPSA) is 43.4 Å². The number of allylic oxidation sites excluding steroid dienone is 1. The van der Waals surface area contributed by atoms with E-state index >= 15 is 0 Å². The zero-order chi connectivity index (χ0) is 11.5. The summed E-state index contributed by atoms with van der Waals surface area (Å²) in [5, 5.41) is 0. The third-order valence-electron chi connectivity index (χ3n) is 2.11. The summed E-state index contributed by atoms with van der Waals surface area (Å²) in [6.45, 7) is 2.04. The summed E-state index contributed by atoms with van der Waals surface area (Å²) in [5.74, 6) is -0.570. The summed E-state index contributed by atoms with van der Waals surface area (Å²) < 4.78 is 4.77. The second kappa shape index (κ2) is 4.53. The van der Waals surface area contributed by atoms with Crippen LogP contribution in [0.25, 0.3) is 0 Å². The van der Waals surface area contributed by atoms with Crippen LogP contribution in [-0.4, -0.2) is 18.4 Å². The van der Waals surface area contributed by atoms with E-state index in [0.29, 0.717) is 17.1 Å². The Morgan fingerprint density at radius 1 is 1.44 bits per heavy atom. The summed E-state index contributed by atoms with van der Waals surface area (Å²) in [6, 6.07) is 7.30. The predicted octanol–water partition coefficient (Wildman–Crippen LogP) is 2.42. The van der Waals surface area contributed by atoms with Crippen molar-refractivity contribution in [3.8, 4) is 0 Å². The molecule has 0 N–H and O–H groups in total. The Morgan fingerprint density at radius 2 is 2.19 bits per heavy atom. The molecule has 4 heteroatoms. The molecule has 2 rings (SSSR count). The fourth-order valence-corrected chi connectivity index (χ4v) is 2.44. The maximum atomic E-state index is 11.8. The van der Waals surface area contributed by atoms with Gasteiger partial charge in [0.1, 0.15) is 0 Å². The van der Waals surface area contributed by atoms with Gasteiger partial charge in [-0.05, 0) is 19.1 Å². The number of esters is 1. The highest BCUT2D eigenvalue weighted by molar-refractivity contribution is 8.04. The average molecular weight is 234 g/mol. The molecule has 1 aromatic rings. The molecule has 0 amide bonds. The molecule has 0 spiro atoms. The van der Waals surface area contributed by atoms with Gasteiger partial charge in [0.15, 0.2) is 0 Å². The minimum atomic E-state index is -0.467. The van der Waals surface area contributed by atoms with Gasteiger partial charge < -0.3 is 4.74 Å². The molecule has 82 valence electrons. The van der Waals surface area contributed by atoms with Gasteiger partial charge in [0, 0.05) is 16.5 Å². The summed E-state index contributed by atoms with van der Waals surface area (Å²) in [6.07, 6.45) is 1.26. The monoisotopic (exact) mass is 234 g/mol. The largest absolute Gasteiger partial charge is 0.463 e. The summed E-state index contributed by atoms with van der Waals surface area (Å²) in [5.41, 5.74) is 0.656. The first-order valence-electron chi connectivity index (χ1n) is 4.92. The van der Waals surface area contributed by atoms with Crippen molar-refractivity contribution in [2.75, 3.05) is 6.61 Å². The Labute approximate surface area is 97.5 Å². The number of hydrogen-bond acceptors (Lipinski definition) is 4. The fraction of sp³-hybridized carbons (Fsp3) is 0.167. The standard InChI is InChI=1S/C12H10O3S/c1-2-15-11(13)7-10-12(14)8-5-3-4-6-9(8)16-10/h3-7H,2H2,1H3/b10-7-. The van der Waals surface area contributed by atoms with E-state index in [4.69, 9.17) is 4.74 Å². The maximum absolute atomic E-state index is 11.8. The molecule has 0 saturated carbocycles. The Hall–Kier alpha value is -1.55. The molecule has 0 radical (unpaired) electrons. The lowest BCUT2D eigenvalue weighted by molar-refractivity contribution is -0.137. The van der Waals surface area contributed by atoms with E-state index in [1.807, 2.05) is 18.2 Å². The molecule has 1 aliphatic heterocycles. The number of benzene rings is 1. The van der Waals surface area contributed by atoms with Crippen LogP contribution in [0.5, 0.6) is 0 Å². The molecule has 1 heterocycles. The molecular weight excluding hydrogens is 224 g/mol. The summed E-state index contributed by atoms with van der Waals surface area (Å²) in [7, 11) is 0. The van der Waals surface area contributed by atoms with Gasteiger partial charge >= 0.3 is 5.97 Å². The number of Topliss-reactive ketones (excluding diaryl/α,β-unsaturated/α-hetero) is 1. The van der Waals surface area contributed by atoms with Crippen LogP contribution >= 0.6 is 11.8 Å². The zero-order valence-corrected chi connectivity index (χ0v) is 9.54. The van der Waals surface area contributed by atoms with Gasteiger partial charge in [-0.15, -0.1) is 0 Å². The fourth-order valence-electron chi connectivity index (χ4n) is 1.43. The maximum Gasteiger partial charge on any atom is 0.332 e. The minimum absolute atomic E-state index is 0.103. The molecule has 16 heavy (non-hydrogen) atoms. The van der Waals surface area contributed by atoms with Crippen LogP contribution < -0.4 is 0 Å². The highest BCUT2D eigenvalue weighted by atomic mass is 32.2. The number of carbonyl (C=O) groups is 2. The van der Waals surface area contributed by atoms with E-state index in [1.54, 1.807) is 13.0 Å². The van der Waals surface area contributed by atoms with Crippen molar-refractivity contribution in [1.82, 2.24) is 0 Å². The lowest BCUT2D eigenvalue weighted by Crippen LogP contribution is -2.02. The second-order valence-corrected chi connectivity index (χ2v) is 4.27. The van der Waals surface area contributed by atoms with Crippen LogP contribution in [0.15, 0.2) is 40.1 Å². The molecule has 0 fully saturated rings. The summed E-state index contributed by atoms with van der Waals surface area (Å²) >= 11 is 1.31. The second-order valence-electron chi connectivity index (χ2n) is 3.19. The van der Waals surface area contributed by atoms with Gasteiger partial charge in [0.25, 0.3) is 0 Å². The van der Waals surface area contributed by atoms with E-state index in [-0.39, 0.29) is 5.78 Å². The number of carbonyl (C=O) groups excluding carboxylic acids is 2. The minimum Gasteiger partial charge on any atom is -0.463 e. The van der Waals surface area contributed by atoms with Crippen LogP contribution in [0, 0.1) is 0 Å². The van der Waals surface area contributed by atoms with Crippen LogP contribution in [-0.2, 0) is 9.53 Å². The van der Waals surface area contributed by atoms with Crippen LogP contribution in [0.3, 0.4) is 0 Å². The lowest BCUT2D eigenvalue weighted by atomic mass is 10.1. The third-order valence-corrected chi connectivity index (χ3v) is 3.21. The van der Waals surface area contributed by atoms with Crippen LogP contribution in [0.1, 0.15) is 17.3 Å². The van der Waals surface area contributed by atoms with Gasteiger partial charge in [-0.3, -0.25) is 4.79 Å². The Morgan fingerprint density at radius 3 is 2.88 bits per heavy atom. The van der Waals surface area contributed by atoms with Crippen molar-refractivity contribution >= 4 is 23.5 Å². The molecule has 3 nitrogen and oxygen atoms in total. The van der Waals surface area contributed by atoms with E-state index in [9.17, 15) is 9.59 Å². The van der Waals surface area contributed by atoms with Crippen molar-refractivity contribution in [3.63, 3.8) is 0 Å². The van der Waals surface area contributed by atoms with Crippen LogP contribution in [0.2, 0.25) is 0 Å². The Bertz CT molecular complexity index is 477. The van der Waals surface area contributed by atoms with Gasteiger partial charge in [0.2, 0.25) is 5.78 Å². The van der Waals surface area contributed by atoms with E-state index in [2.05, 4.69) is 0 Å². The van der Waals surface area contributed by atoms with Crippen molar-refractivity contribution in [1.29, 1.82) is 0 Å². The summed E-state index contributed by atoms with van der Waals surface area (Å²) in [4.78, 5) is 24.4. The smallest absolute Gasteiger partial charge is 0.332 e. The average Bonchev–Trinajstić information content (AvgIpc) is 2.57. The highest BCUT2D eigenvalue weighted by Crippen LogP contribution is 2.39. The molecule has 1 aliphatic rings. The van der Waals surface area contributed by atoms with E-state index in [1.165, 1.54) is 17.8 Å². The number of ketones is 1. The highest BCUT2D eigenvalue weighted by Gasteiger charge is 2.26. The first kappa shape index (κ1) is 11.0. The van der Waals surface area contributed by atoms with Gasteiger partial charge in [-0.2, -0.15) is 0 Å². The molecule has 0 saturated heterocycles. The normalized spacial score (nSPS) is 16.3. The predicted molar refractivity (Wildman–Crippen MR) is 61.3 cm³/mol. The number of fused-ring (bicyclic) bond motifs is 1.